The lowest BCUT2D eigenvalue weighted by Gasteiger charge is -2.11. The number of rotatable bonds is 5. The fourth-order valence-corrected chi connectivity index (χ4v) is 3.03. The van der Waals surface area contributed by atoms with E-state index in [9.17, 15) is 18.8 Å². The van der Waals surface area contributed by atoms with E-state index in [1.807, 2.05) is 19.1 Å². The molecule has 0 aliphatic rings. The first-order chi connectivity index (χ1) is 14.8. The lowest BCUT2D eigenvalue weighted by molar-refractivity contribution is -0.182. The van der Waals surface area contributed by atoms with E-state index in [2.05, 4.69) is 9.88 Å². The van der Waals surface area contributed by atoms with Crippen LogP contribution in [0, 0.1) is 12.7 Å². The van der Waals surface area contributed by atoms with Gasteiger partial charge in [-0.2, -0.15) is 10.2 Å². The summed E-state index contributed by atoms with van der Waals surface area (Å²) in [6, 6.07) is 15.0. The van der Waals surface area contributed by atoms with Gasteiger partial charge in [-0.15, -0.1) is 0 Å². The largest absolute Gasteiger partial charge is 0.383 e. The van der Waals surface area contributed by atoms with Crippen molar-refractivity contribution in [2.75, 3.05) is 0 Å². The second-order valence-corrected chi connectivity index (χ2v) is 6.61. The lowest BCUT2D eigenvalue weighted by atomic mass is 9.94. The first kappa shape index (κ1) is 21.5. The molecule has 0 unspecified atom stereocenters. The Balaban J connectivity index is 2.01. The van der Waals surface area contributed by atoms with Crippen molar-refractivity contribution < 1.29 is 28.9 Å². The van der Waals surface area contributed by atoms with Crippen molar-refractivity contribution in [2.45, 2.75) is 6.92 Å². The van der Waals surface area contributed by atoms with Crippen LogP contribution in [-0.2, 0) is 4.89 Å². The molecule has 0 heterocycles. The molecule has 0 spiro atoms. The summed E-state index contributed by atoms with van der Waals surface area (Å²) in [5.41, 5.74) is 7.77. The van der Waals surface area contributed by atoms with Crippen LogP contribution < -0.4 is 5.73 Å². The van der Waals surface area contributed by atoms with Crippen LogP contribution in [0.3, 0.4) is 0 Å². The fourth-order valence-electron chi connectivity index (χ4n) is 3.03. The zero-order valence-corrected chi connectivity index (χ0v) is 16.3. The predicted molar refractivity (Wildman–Crippen MR) is 112 cm³/mol. The van der Waals surface area contributed by atoms with E-state index in [0.29, 0.717) is 11.8 Å². The summed E-state index contributed by atoms with van der Waals surface area (Å²) in [6.07, 6.45) is 0.357. The van der Waals surface area contributed by atoms with Crippen LogP contribution in [0.4, 0.5) is 4.39 Å². The number of aryl methyl sites for hydroxylation is 1. The van der Waals surface area contributed by atoms with Crippen molar-refractivity contribution in [2.24, 2.45) is 10.7 Å². The van der Waals surface area contributed by atoms with Crippen molar-refractivity contribution >= 4 is 24.0 Å². The molecule has 0 aliphatic heterocycles. The predicted octanol–water partition coefficient (Wildman–Crippen LogP) is 3.79. The van der Waals surface area contributed by atoms with Crippen molar-refractivity contribution in [1.82, 2.24) is 0 Å². The lowest BCUT2D eigenvalue weighted by Crippen LogP contribution is -2.17. The molecule has 0 aromatic heterocycles. The van der Waals surface area contributed by atoms with Crippen molar-refractivity contribution in [3.05, 3.63) is 94.3 Å². The molecule has 3 rings (SSSR count). The molecule has 31 heavy (non-hydrogen) atoms. The molecule has 0 atom stereocenters. The van der Waals surface area contributed by atoms with E-state index < -0.39 is 17.7 Å². The van der Waals surface area contributed by atoms with Crippen LogP contribution in [0.1, 0.15) is 42.2 Å². The van der Waals surface area contributed by atoms with Gasteiger partial charge in [-0.3, -0.25) is 14.5 Å². The molecular formula is C23H17FN2O5. The minimum Gasteiger partial charge on any atom is -0.383 e. The molecular weight excluding hydrogens is 403 g/mol. The molecule has 0 aliphatic carbocycles. The average molecular weight is 420 g/mol. The second kappa shape index (κ2) is 9.10. The number of nitrogens with two attached hydrogens (primary N) is 1. The van der Waals surface area contributed by atoms with Gasteiger partial charge in [0.1, 0.15) is 11.7 Å². The van der Waals surface area contributed by atoms with Crippen LogP contribution >= 0.6 is 0 Å². The van der Waals surface area contributed by atoms with E-state index in [-0.39, 0.29) is 28.1 Å². The minimum atomic E-state index is -1.05. The fraction of sp³-hybridized carbons (Fsp3) is 0.0435. The van der Waals surface area contributed by atoms with E-state index in [1.165, 1.54) is 30.3 Å². The molecule has 8 heteroatoms. The maximum atomic E-state index is 13.8. The Labute approximate surface area is 176 Å². The number of amides is 1. The van der Waals surface area contributed by atoms with Crippen molar-refractivity contribution in [1.29, 1.82) is 0 Å². The molecule has 0 fully saturated rings. The molecule has 0 saturated heterocycles. The first-order valence-corrected chi connectivity index (χ1v) is 9.05. The monoisotopic (exact) mass is 420 g/mol. The number of amidine groups is 1. The van der Waals surface area contributed by atoms with E-state index >= 15 is 0 Å². The van der Waals surface area contributed by atoms with Crippen LogP contribution in [-0.4, -0.2) is 29.3 Å². The first-order valence-electron chi connectivity index (χ1n) is 9.05. The Morgan fingerprint density at radius 1 is 1.03 bits per heavy atom. The van der Waals surface area contributed by atoms with Gasteiger partial charge in [-0.05, 0) is 47.9 Å². The van der Waals surface area contributed by atoms with Gasteiger partial charge in [0, 0.05) is 11.1 Å². The standard InChI is InChI=1S/C23H17FN2O5/c1-13-4-2-3-5-17(13)18-9-8-15(10-19(18)23(29)31-30)22(28)26-21(25)14-6-7-16(12-27)20(24)11-14/h2-12,30H,1H3,(H2,25,26,28). The van der Waals surface area contributed by atoms with E-state index in [1.54, 1.807) is 12.1 Å². The molecule has 0 saturated carbocycles. The molecule has 156 valence electrons. The quantitative estimate of drug-likeness (QED) is 0.213. The number of hydrogen-bond donors (Lipinski definition) is 2. The zero-order valence-electron chi connectivity index (χ0n) is 16.3. The van der Waals surface area contributed by atoms with Gasteiger partial charge in [0.05, 0.1) is 11.1 Å². The number of hydrogen-bond acceptors (Lipinski definition) is 5. The molecule has 3 N–H and O–H groups in total. The third-order valence-corrected chi connectivity index (χ3v) is 4.65. The number of nitrogens with zero attached hydrogens (tertiary/aromatic N) is 1. The molecule has 1 amide bonds. The smallest absolute Gasteiger partial charge is 0.373 e. The van der Waals surface area contributed by atoms with Gasteiger partial charge >= 0.3 is 5.97 Å². The van der Waals surface area contributed by atoms with E-state index in [4.69, 9.17) is 11.0 Å². The van der Waals surface area contributed by atoms with Crippen LogP contribution in [0.2, 0.25) is 0 Å². The van der Waals surface area contributed by atoms with Gasteiger partial charge in [-0.25, -0.2) is 9.18 Å². The highest BCUT2D eigenvalue weighted by atomic mass is 19.1. The highest BCUT2D eigenvalue weighted by molar-refractivity contribution is 6.10. The summed E-state index contributed by atoms with van der Waals surface area (Å²) >= 11 is 0. The number of carbonyl (C=O) groups is 3. The number of halogens is 1. The Kier molecular flexibility index (Phi) is 6.32. The summed E-state index contributed by atoms with van der Waals surface area (Å²) in [4.78, 5) is 43.0. The molecule has 7 nitrogen and oxygen atoms in total. The third kappa shape index (κ3) is 4.54. The third-order valence-electron chi connectivity index (χ3n) is 4.65. The summed E-state index contributed by atoms with van der Waals surface area (Å²) < 4.78 is 13.8. The Morgan fingerprint density at radius 3 is 2.39 bits per heavy atom. The van der Waals surface area contributed by atoms with Gasteiger partial charge in [-0.1, -0.05) is 36.4 Å². The van der Waals surface area contributed by atoms with Crippen LogP contribution in [0.15, 0.2) is 65.7 Å². The van der Waals surface area contributed by atoms with Crippen LogP contribution in [0.5, 0.6) is 0 Å². The summed E-state index contributed by atoms with van der Waals surface area (Å²) in [6.45, 7) is 1.85. The number of benzene rings is 3. The highest BCUT2D eigenvalue weighted by Crippen LogP contribution is 2.28. The summed E-state index contributed by atoms with van der Waals surface area (Å²) in [5, 5.41) is 8.88. The molecule has 3 aromatic rings. The molecule has 3 aromatic carbocycles. The van der Waals surface area contributed by atoms with E-state index in [0.717, 1.165) is 17.2 Å². The topological polar surface area (TPSA) is 119 Å². The second-order valence-electron chi connectivity index (χ2n) is 6.61. The number of carbonyl (C=O) groups excluding carboxylic acids is 3. The normalized spacial score (nSPS) is 11.1. The van der Waals surface area contributed by atoms with Crippen molar-refractivity contribution in [3.8, 4) is 11.1 Å². The van der Waals surface area contributed by atoms with Gasteiger partial charge in [0.15, 0.2) is 6.29 Å². The molecule has 0 radical (unpaired) electrons. The maximum Gasteiger partial charge on any atom is 0.373 e. The summed E-state index contributed by atoms with van der Waals surface area (Å²) in [5.74, 6) is -2.90. The van der Waals surface area contributed by atoms with Gasteiger partial charge in [0.25, 0.3) is 5.91 Å². The van der Waals surface area contributed by atoms with Crippen LogP contribution in [0.25, 0.3) is 11.1 Å². The molecule has 0 bridgehead atoms. The Bertz CT molecular complexity index is 1220. The Hall–Kier alpha value is -4.17. The number of aliphatic imine (C=N–C) groups is 1. The number of aldehydes is 1. The summed E-state index contributed by atoms with van der Waals surface area (Å²) in [7, 11) is 0. The van der Waals surface area contributed by atoms with Gasteiger partial charge in [0.2, 0.25) is 0 Å². The SMILES string of the molecule is Cc1ccccc1-c1ccc(C(=O)N=C(N)c2ccc(C=O)c(F)c2)cc1C(=O)OO. The average Bonchev–Trinajstić information content (AvgIpc) is 2.78. The van der Waals surface area contributed by atoms with Crippen molar-refractivity contribution in [3.63, 3.8) is 0 Å². The van der Waals surface area contributed by atoms with Gasteiger partial charge < -0.3 is 5.73 Å². The minimum absolute atomic E-state index is 0.00525. The highest BCUT2D eigenvalue weighted by Gasteiger charge is 2.19. The zero-order chi connectivity index (χ0) is 22.5. The maximum absolute atomic E-state index is 13.8. The Morgan fingerprint density at radius 2 is 1.74 bits per heavy atom.